The number of nitrogens with one attached hydrogen (secondary N) is 3. The number of aromatic nitrogens is 1. The summed E-state index contributed by atoms with van der Waals surface area (Å²) in [5, 5.41) is 5.94. The Labute approximate surface area is 111 Å². The number of pyridine rings is 1. The maximum absolute atomic E-state index is 11.7. The van der Waals surface area contributed by atoms with E-state index in [1.807, 2.05) is 0 Å². The summed E-state index contributed by atoms with van der Waals surface area (Å²) in [6, 6.07) is 1.33. The van der Waals surface area contributed by atoms with Gasteiger partial charge < -0.3 is 20.4 Å². The zero-order chi connectivity index (χ0) is 13.5. The Hall–Kier alpha value is -1.66. The summed E-state index contributed by atoms with van der Waals surface area (Å²) in [6.45, 7) is 2.85. The summed E-state index contributed by atoms with van der Waals surface area (Å²) in [5.74, 6) is -0.365. The van der Waals surface area contributed by atoms with Gasteiger partial charge in [0.15, 0.2) is 5.43 Å². The van der Waals surface area contributed by atoms with E-state index >= 15 is 0 Å². The Kier molecular flexibility index (Phi) is 5.11. The maximum atomic E-state index is 11.7. The monoisotopic (exact) mass is 265 g/mol. The molecule has 2 heterocycles. The van der Waals surface area contributed by atoms with Crippen LogP contribution in [-0.2, 0) is 4.74 Å². The number of piperidine rings is 1. The summed E-state index contributed by atoms with van der Waals surface area (Å²) in [7, 11) is 0. The van der Waals surface area contributed by atoms with Gasteiger partial charge in [-0.2, -0.15) is 0 Å². The molecule has 1 amide bonds. The van der Waals surface area contributed by atoms with E-state index in [0.717, 1.165) is 25.9 Å². The van der Waals surface area contributed by atoms with Crippen molar-refractivity contribution in [2.24, 2.45) is 0 Å². The third-order valence-corrected chi connectivity index (χ3v) is 3.10. The maximum Gasteiger partial charge on any atom is 0.256 e. The van der Waals surface area contributed by atoms with E-state index in [9.17, 15) is 9.59 Å². The second-order valence-electron chi connectivity index (χ2n) is 4.50. The molecule has 0 aromatic carbocycles. The molecule has 6 heteroatoms. The highest BCUT2D eigenvalue weighted by atomic mass is 16.5. The molecule has 0 saturated carbocycles. The topological polar surface area (TPSA) is 83.2 Å². The van der Waals surface area contributed by atoms with Crippen LogP contribution in [0.4, 0.5) is 0 Å². The summed E-state index contributed by atoms with van der Waals surface area (Å²) in [4.78, 5) is 25.9. The van der Waals surface area contributed by atoms with Gasteiger partial charge in [-0.15, -0.1) is 0 Å². The highest BCUT2D eigenvalue weighted by Crippen LogP contribution is 2.06. The molecule has 6 nitrogen and oxygen atoms in total. The van der Waals surface area contributed by atoms with Gasteiger partial charge in [-0.3, -0.25) is 9.59 Å². The summed E-state index contributed by atoms with van der Waals surface area (Å²) >= 11 is 0. The van der Waals surface area contributed by atoms with Crippen LogP contribution in [0, 0.1) is 0 Å². The van der Waals surface area contributed by atoms with Gasteiger partial charge in [0.2, 0.25) is 0 Å². The fourth-order valence-corrected chi connectivity index (χ4v) is 2.04. The van der Waals surface area contributed by atoms with Crippen LogP contribution in [0.15, 0.2) is 23.3 Å². The number of hydrogen-bond donors (Lipinski definition) is 3. The minimum Gasteiger partial charge on any atom is -0.376 e. The molecule has 1 fully saturated rings. The molecular formula is C13H19N3O3. The Morgan fingerprint density at radius 2 is 2.21 bits per heavy atom. The zero-order valence-electron chi connectivity index (χ0n) is 10.8. The normalized spacial score (nSPS) is 16.2. The van der Waals surface area contributed by atoms with Gasteiger partial charge in [0, 0.05) is 25.0 Å². The third-order valence-electron chi connectivity index (χ3n) is 3.10. The molecule has 0 radical (unpaired) electrons. The largest absolute Gasteiger partial charge is 0.376 e. The molecule has 0 atom stereocenters. The Morgan fingerprint density at radius 1 is 1.42 bits per heavy atom. The standard InChI is InChI=1S/C13H19N3O3/c17-12-3-6-15-9-11(12)13(18)16-7-8-19-10-1-4-14-5-2-10/h3,6,9-10,14H,1-2,4-5,7-8H2,(H,15,17)(H,16,18). The lowest BCUT2D eigenvalue weighted by Crippen LogP contribution is -2.35. The third kappa shape index (κ3) is 4.18. The number of amides is 1. The van der Waals surface area contributed by atoms with Crippen molar-refractivity contribution in [3.05, 3.63) is 34.2 Å². The molecule has 1 aromatic rings. The first kappa shape index (κ1) is 13.8. The SMILES string of the molecule is O=C(NCCOC1CCNCC1)c1c[nH]ccc1=O. The van der Waals surface area contributed by atoms with Crippen LogP contribution in [0.2, 0.25) is 0 Å². The first-order valence-corrected chi connectivity index (χ1v) is 6.55. The van der Waals surface area contributed by atoms with Crippen LogP contribution in [0.1, 0.15) is 23.2 Å². The summed E-state index contributed by atoms with van der Waals surface area (Å²) in [6.07, 6.45) is 5.20. The fourth-order valence-electron chi connectivity index (χ4n) is 2.04. The Balaban J connectivity index is 1.69. The fraction of sp³-hybridized carbons (Fsp3) is 0.538. The molecule has 1 aliphatic rings. The van der Waals surface area contributed by atoms with Crippen LogP contribution in [0.5, 0.6) is 0 Å². The number of H-pyrrole nitrogens is 1. The van der Waals surface area contributed by atoms with E-state index in [1.165, 1.54) is 18.5 Å². The quantitative estimate of drug-likeness (QED) is 0.648. The first-order valence-electron chi connectivity index (χ1n) is 6.55. The molecule has 2 rings (SSSR count). The van der Waals surface area contributed by atoms with Crippen molar-refractivity contribution in [1.29, 1.82) is 0 Å². The van der Waals surface area contributed by atoms with Crippen LogP contribution < -0.4 is 16.1 Å². The lowest BCUT2D eigenvalue weighted by atomic mass is 10.1. The highest BCUT2D eigenvalue weighted by molar-refractivity contribution is 5.93. The minimum absolute atomic E-state index is 0.129. The van der Waals surface area contributed by atoms with Crippen molar-refractivity contribution in [2.75, 3.05) is 26.2 Å². The van der Waals surface area contributed by atoms with Crippen molar-refractivity contribution < 1.29 is 9.53 Å². The zero-order valence-corrected chi connectivity index (χ0v) is 10.8. The molecule has 0 bridgehead atoms. The van der Waals surface area contributed by atoms with Gasteiger partial charge >= 0.3 is 0 Å². The lowest BCUT2D eigenvalue weighted by Gasteiger charge is -2.22. The molecule has 1 saturated heterocycles. The van der Waals surface area contributed by atoms with Crippen LogP contribution in [0.3, 0.4) is 0 Å². The predicted octanol–water partition coefficient (Wildman–Crippen LogP) is -0.127. The number of carbonyl (C=O) groups excluding carboxylic acids is 1. The van der Waals surface area contributed by atoms with E-state index in [0.29, 0.717) is 13.2 Å². The van der Waals surface area contributed by atoms with Crippen LogP contribution in [-0.4, -0.2) is 43.2 Å². The number of aromatic amines is 1. The molecule has 0 aliphatic carbocycles. The summed E-state index contributed by atoms with van der Waals surface area (Å²) < 4.78 is 5.66. The van der Waals surface area contributed by atoms with Gasteiger partial charge in [-0.05, 0) is 25.9 Å². The molecule has 104 valence electrons. The van der Waals surface area contributed by atoms with E-state index < -0.39 is 0 Å². The molecule has 0 unspecified atom stereocenters. The van der Waals surface area contributed by atoms with Crippen LogP contribution >= 0.6 is 0 Å². The smallest absolute Gasteiger partial charge is 0.256 e. The van der Waals surface area contributed by atoms with Crippen molar-refractivity contribution in [3.63, 3.8) is 0 Å². The lowest BCUT2D eigenvalue weighted by molar-refractivity contribution is 0.0343. The predicted molar refractivity (Wildman–Crippen MR) is 71.2 cm³/mol. The van der Waals surface area contributed by atoms with Gasteiger partial charge in [-0.25, -0.2) is 0 Å². The average Bonchev–Trinajstić information content (AvgIpc) is 2.45. The second kappa shape index (κ2) is 7.06. The number of rotatable bonds is 5. The van der Waals surface area contributed by atoms with Crippen LogP contribution in [0.25, 0.3) is 0 Å². The highest BCUT2D eigenvalue weighted by Gasteiger charge is 2.13. The van der Waals surface area contributed by atoms with Crippen molar-refractivity contribution in [2.45, 2.75) is 18.9 Å². The summed E-state index contributed by atoms with van der Waals surface area (Å²) in [5.41, 5.74) is -0.153. The molecule has 0 spiro atoms. The minimum atomic E-state index is -0.365. The van der Waals surface area contributed by atoms with Crippen molar-refractivity contribution >= 4 is 5.91 Å². The van der Waals surface area contributed by atoms with Crippen molar-refractivity contribution in [1.82, 2.24) is 15.6 Å². The van der Waals surface area contributed by atoms with E-state index in [2.05, 4.69) is 15.6 Å². The number of carbonyl (C=O) groups is 1. The van der Waals surface area contributed by atoms with E-state index in [-0.39, 0.29) is 23.0 Å². The van der Waals surface area contributed by atoms with Gasteiger partial charge in [0.1, 0.15) is 5.56 Å². The first-order chi connectivity index (χ1) is 9.27. The van der Waals surface area contributed by atoms with E-state index in [4.69, 9.17) is 4.74 Å². The molecule has 19 heavy (non-hydrogen) atoms. The van der Waals surface area contributed by atoms with Gasteiger partial charge in [0.05, 0.1) is 12.7 Å². The molecule has 1 aromatic heterocycles. The molecule has 1 aliphatic heterocycles. The Bertz CT molecular complexity index is 466. The van der Waals surface area contributed by atoms with Crippen molar-refractivity contribution in [3.8, 4) is 0 Å². The van der Waals surface area contributed by atoms with E-state index in [1.54, 1.807) is 0 Å². The average molecular weight is 265 g/mol. The van der Waals surface area contributed by atoms with Gasteiger partial charge in [-0.1, -0.05) is 0 Å². The molecule has 3 N–H and O–H groups in total. The second-order valence-corrected chi connectivity index (χ2v) is 4.50. The number of hydrogen-bond acceptors (Lipinski definition) is 4. The Morgan fingerprint density at radius 3 is 2.95 bits per heavy atom. The number of ether oxygens (including phenoxy) is 1. The van der Waals surface area contributed by atoms with Gasteiger partial charge in [0.25, 0.3) is 5.91 Å². The molecular weight excluding hydrogens is 246 g/mol.